The maximum atomic E-state index is 5.81. The molecular formula is C12H20N2S. The Balaban J connectivity index is 1.96. The van der Waals surface area contributed by atoms with E-state index < -0.39 is 0 Å². The Bertz CT molecular complexity index is 334. The van der Waals surface area contributed by atoms with Gasteiger partial charge in [-0.1, -0.05) is 6.92 Å². The summed E-state index contributed by atoms with van der Waals surface area (Å²) in [6.07, 6.45) is 1.24. The molecule has 1 aromatic heterocycles. The molecule has 84 valence electrons. The first-order chi connectivity index (χ1) is 7.13. The van der Waals surface area contributed by atoms with Crippen molar-refractivity contribution in [1.29, 1.82) is 0 Å². The first-order valence-corrected chi connectivity index (χ1v) is 6.46. The lowest BCUT2D eigenvalue weighted by atomic mass is 9.90. The summed E-state index contributed by atoms with van der Waals surface area (Å²) in [6, 6.07) is 2.21. The second kappa shape index (κ2) is 4.24. The van der Waals surface area contributed by atoms with Gasteiger partial charge in [0.1, 0.15) is 0 Å². The summed E-state index contributed by atoms with van der Waals surface area (Å²) in [5.74, 6) is 0. The zero-order valence-electron chi connectivity index (χ0n) is 9.62. The zero-order chi connectivity index (χ0) is 10.9. The number of thiophene rings is 1. The van der Waals surface area contributed by atoms with E-state index in [0.717, 1.165) is 19.6 Å². The lowest BCUT2D eigenvalue weighted by molar-refractivity contribution is 0.276. The van der Waals surface area contributed by atoms with Gasteiger partial charge < -0.3 is 5.73 Å². The van der Waals surface area contributed by atoms with Crippen LogP contribution in [0.25, 0.3) is 0 Å². The van der Waals surface area contributed by atoms with Crippen LogP contribution < -0.4 is 5.73 Å². The number of aryl methyl sites for hydroxylation is 1. The topological polar surface area (TPSA) is 29.3 Å². The number of likely N-dealkylation sites (tertiary alicyclic amines) is 1. The predicted octanol–water partition coefficient (Wildman–Crippen LogP) is 2.23. The maximum absolute atomic E-state index is 5.81. The molecule has 0 aliphatic carbocycles. The minimum atomic E-state index is 0.352. The molecule has 1 aliphatic heterocycles. The molecule has 0 saturated carbocycles. The Hall–Kier alpha value is -0.380. The molecule has 15 heavy (non-hydrogen) atoms. The van der Waals surface area contributed by atoms with E-state index in [0.29, 0.717) is 5.41 Å². The van der Waals surface area contributed by atoms with Gasteiger partial charge in [-0.05, 0) is 48.9 Å². The quantitative estimate of drug-likeness (QED) is 0.853. The smallest absolute Gasteiger partial charge is 0.0330 e. The first-order valence-electron chi connectivity index (χ1n) is 5.58. The van der Waals surface area contributed by atoms with E-state index in [4.69, 9.17) is 5.73 Å². The van der Waals surface area contributed by atoms with E-state index in [1.54, 1.807) is 0 Å². The third kappa shape index (κ3) is 2.41. The molecule has 1 aromatic rings. The fourth-order valence-electron chi connectivity index (χ4n) is 2.20. The molecule has 1 aliphatic rings. The van der Waals surface area contributed by atoms with Gasteiger partial charge in [-0.2, -0.15) is 0 Å². The average molecular weight is 224 g/mol. The van der Waals surface area contributed by atoms with Crippen molar-refractivity contribution in [1.82, 2.24) is 4.90 Å². The minimum Gasteiger partial charge on any atom is -0.330 e. The Kier molecular flexibility index (Phi) is 3.14. The zero-order valence-corrected chi connectivity index (χ0v) is 10.4. The van der Waals surface area contributed by atoms with Crippen molar-refractivity contribution in [2.24, 2.45) is 11.1 Å². The highest BCUT2D eigenvalue weighted by Crippen LogP contribution is 2.30. The van der Waals surface area contributed by atoms with Crippen LogP contribution in [-0.2, 0) is 6.54 Å². The molecule has 2 N–H and O–H groups in total. The number of nitrogens with zero attached hydrogens (tertiary/aromatic N) is 1. The van der Waals surface area contributed by atoms with Crippen molar-refractivity contribution in [3.8, 4) is 0 Å². The van der Waals surface area contributed by atoms with E-state index in [1.807, 2.05) is 11.3 Å². The summed E-state index contributed by atoms with van der Waals surface area (Å²) in [5, 5.41) is 2.18. The monoisotopic (exact) mass is 224 g/mol. The highest BCUT2D eigenvalue weighted by Gasteiger charge is 2.32. The van der Waals surface area contributed by atoms with Crippen molar-refractivity contribution < 1.29 is 0 Å². The van der Waals surface area contributed by atoms with E-state index >= 15 is 0 Å². The Morgan fingerprint density at radius 2 is 2.40 bits per heavy atom. The molecule has 0 aromatic carbocycles. The lowest BCUT2D eigenvalue weighted by Crippen LogP contribution is -2.31. The van der Waals surface area contributed by atoms with Crippen LogP contribution in [0.1, 0.15) is 23.8 Å². The van der Waals surface area contributed by atoms with Crippen LogP contribution in [0.4, 0.5) is 0 Å². The molecule has 1 unspecified atom stereocenters. The average Bonchev–Trinajstić information content (AvgIpc) is 2.77. The van der Waals surface area contributed by atoms with Crippen LogP contribution in [0, 0.1) is 12.3 Å². The normalized spacial score (nSPS) is 27.4. The minimum absolute atomic E-state index is 0.352. The molecule has 0 radical (unpaired) electrons. The van der Waals surface area contributed by atoms with Crippen LogP contribution in [0.15, 0.2) is 11.4 Å². The molecule has 0 amide bonds. The molecule has 2 heterocycles. The van der Waals surface area contributed by atoms with Crippen LogP contribution >= 0.6 is 11.3 Å². The third-order valence-corrected chi connectivity index (χ3v) is 4.47. The summed E-state index contributed by atoms with van der Waals surface area (Å²) in [7, 11) is 0. The van der Waals surface area contributed by atoms with Gasteiger partial charge in [0.05, 0.1) is 0 Å². The molecular weight excluding hydrogens is 204 g/mol. The predicted molar refractivity (Wildman–Crippen MR) is 66.1 cm³/mol. The number of nitrogens with two attached hydrogens (primary N) is 1. The maximum Gasteiger partial charge on any atom is 0.0330 e. The highest BCUT2D eigenvalue weighted by molar-refractivity contribution is 7.10. The summed E-state index contributed by atoms with van der Waals surface area (Å²) < 4.78 is 0. The molecule has 3 heteroatoms. The van der Waals surface area contributed by atoms with E-state index in [1.165, 1.54) is 23.4 Å². The van der Waals surface area contributed by atoms with Crippen LogP contribution in [0.5, 0.6) is 0 Å². The van der Waals surface area contributed by atoms with Gasteiger partial charge in [0.25, 0.3) is 0 Å². The number of hydrogen-bond acceptors (Lipinski definition) is 3. The van der Waals surface area contributed by atoms with E-state index in [-0.39, 0.29) is 0 Å². The van der Waals surface area contributed by atoms with Crippen molar-refractivity contribution in [3.63, 3.8) is 0 Å². The molecule has 2 rings (SSSR count). The molecule has 1 fully saturated rings. The van der Waals surface area contributed by atoms with Gasteiger partial charge in [0.2, 0.25) is 0 Å². The van der Waals surface area contributed by atoms with Gasteiger partial charge in [-0.25, -0.2) is 0 Å². The van der Waals surface area contributed by atoms with Gasteiger partial charge in [-0.3, -0.25) is 4.90 Å². The fourth-order valence-corrected chi connectivity index (χ4v) is 3.14. The second-order valence-electron chi connectivity index (χ2n) is 5.00. The summed E-state index contributed by atoms with van der Waals surface area (Å²) in [4.78, 5) is 4.04. The Morgan fingerprint density at radius 1 is 1.60 bits per heavy atom. The summed E-state index contributed by atoms with van der Waals surface area (Å²) in [6.45, 7) is 8.77. The lowest BCUT2D eigenvalue weighted by Gasteiger charge is -2.22. The van der Waals surface area contributed by atoms with Crippen LogP contribution in [-0.4, -0.2) is 24.5 Å². The molecule has 0 spiro atoms. The SMILES string of the molecule is Cc1ccsc1CN1CCC(C)(CN)C1. The van der Waals surface area contributed by atoms with Crippen molar-refractivity contribution in [2.75, 3.05) is 19.6 Å². The second-order valence-corrected chi connectivity index (χ2v) is 6.00. The summed E-state index contributed by atoms with van der Waals surface area (Å²) >= 11 is 1.87. The highest BCUT2D eigenvalue weighted by atomic mass is 32.1. The van der Waals surface area contributed by atoms with Gasteiger partial charge >= 0.3 is 0 Å². The van der Waals surface area contributed by atoms with Gasteiger partial charge in [-0.15, -0.1) is 11.3 Å². The van der Waals surface area contributed by atoms with E-state index in [9.17, 15) is 0 Å². The Morgan fingerprint density at radius 3 is 2.93 bits per heavy atom. The van der Waals surface area contributed by atoms with Crippen LogP contribution in [0.2, 0.25) is 0 Å². The molecule has 1 saturated heterocycles. The molecule has 2 nitrogen and oxygen atoms in total. The van der Waals surface area contributed by atoms with Crippen molar-refractivity contribution in [3.05, 3.63) is 21.9 Å². The summed E-state index contributed by atoms with van der Waals surface area (Å²) in [5.41, 5.74) is 7.59. The standard InChI is InChI=1S/C12H20N2S/c1-10-3-6-15-11(10)7-14-5-4-12(2,8-13)9-14/h3,6H,4-5,7-9,13H2,1-2H3. The number of hydrogen-bond donors (Lipinski definition) is 1. The Labute approximate surface area is 96.1 Å². The van der Waals surface area contributed by atoms with Crippen LogP contribution in [0.3, 0.4) is 0 Å². The van der Waals surface area contributed by atoms with E-state index in [2.05, 4.69) is 30.2 Å². The largest absolute Gasteiger partial charge is 0.330 e. The third-order valence-electron chi connectivity index (χ3n) is 3.47. The van der Waals surface area contributed by atoms with Crippen molar-refractivity contribution in [2.45, 2.75) is 26.8 Å². The van der Waals surface area contributed by atoms with Gasteiger partial charge in [0.15, 0.2) is 0 Å². The molecule has 0 bridgehead atoms. The fraction of sp³-hybridized carbons (Fsp3) is 0.667. The molecule has 1 atom stereocenters. The van der Waals surface area contributed by atoms with Crippen molar-refractivity contribution >= 4 is 11.3 Å². The van der Waals surface area contributed by atoms with Gasteiger partial charge in [0, 0.05) is 18.0 Å². The first kappa shape index (κ1) is 11.1. The number of rotatable bonds is 3.